The molecule has 0 aliphatic carbocycles. The zero-order valence-electron chi connectivity index (χ0n) is 10.8. The van der Waals surface area contributed by atoms with Gasteiger partial charge in [-0.2, -0.15) is 5.10 Å². The summed E-state index contributed by atoms with van der Waals surface area (Å²) in [6, 6.07) is 10.4. The Morgan fingerprint density at radius 3 is 2.60 bits per heavy atom. The zero-order valence-corrected chi connectivity index (χ0v) is 10.8. The van der Waals surface area contributed by atoms with Crippen LogP contribution in [0.25, 0.3) is 0 Å². The number of aromatic nitrogens is 1. The van der Waals surface area contributed by atoms with Gasteiger partial charge < -0.3 is 5.32 Å². The van der Waals surface area contributed by atoms with Gasteiger partial charge in [-0.3, -0.25) is 4.98 Å². The third-order valence-electron chi connectivity index (χ3n) is 2.46. The molecule has 102 valence electrons. The summed E-state index contributed by atoms with van der Waals surface area (Å²) in [7, 11) is 0. The van der Waals surface area contributed by atoms with Crippen LogP contribution in [0.4, 0.5) is 14.9 Å². The van der Waals surface area contributed by atoms with Crippen LogP contribution in [-0.2, 0) is 0 Å². The van der Waals surface area contributed by atoms with Gasteiger partial charge in [0, 0.05) is 11.9 Å². The quantitative estimate of drug-likeness (QED) is 0.666. The van der Waals surface area contributed by atoms with Crippen molar-refractivity contribution in [3.05, 3.63) is 60.2 Å². The monoisotopic (exact) mass is 272 g/mol. The van der Waals surface area contributed by atoms with Crippen LogP contribution in [0.1, 0.15) is 12.6 Å². The van der Waals surface area contributed by atoms with Gasteiger partial charge in [0.05, 0.1) is 11.4 Å². The first-order chi connectivity index (χ1) is 9.65. The molecule has 1 aromatic heterocycles. The highest BCUT2D eigenvalue weighted by Crippen LogP contribution is 2.07. The van der Waals surface area contributed by atoms with E-state index in [4.69, 9.17) is 0 Å². The summed E-state index contributed by atoms with van der Waals surface area (Å²) in [5, 5.41) is 6.46. The van der Waals surface area contributed by atoms with Gasteiger partial charge >= 0.3 is 6.03 Å². The van der Waals surface area contributed by atoms with Gasteiger partial charge in [0.25, 0.3) is 0 Å². The minimum atomic E-state index is -0.508. The molecule has 0 fully saturated rings. The maximum Gasteiger partial charge on any atom is 0.339 e. The first-order valence-electron chi connectivity index (χ1n) is 5.93. The lowest BCUT2D eigenvalue weighted by Crippen LogP contribution is -2.25. The third kappa shape index (κ3) is 3.88. The molecule has 1 heterocycles. The van der Waals surface area contributed by atoms with Crippen LogP contribution in [0.2, 0.25) is 0 Å². The topological polar surface area (TPSA) is 66.4 Å². The first kappa shape index (κ1) is 13.7. The van der Waals surface area contributed by atoms with Crippen LogP contribution in [0, 0.1) is 5.82 Å². The second-order valence-electron chi connectivity index (χ2n) is 3.99. The number of carbonyl (C=O) groups is 1. The highest BCUT2D eigenvalue weighted by molar-refractivity contribution is 5.98. The second-order valence-corrected chi connectivity index (χ2v) is 3.99. The number of hydrazone groups is 1. The van der Waals surface area contributed by atoms with Gasteiger partial charge in [-0.1, -0.05) is 6.07 Å². The summed E-state index contributed by atoms with van der Waals surface area (Å²) in [5.74, 6) is -0.361. The van der Waals surface area contributed by atoms with Crippen molar-refractivity contribution in [1.29, 1.82) is 0 Å². The van der Waals surface area contributed by atoms with Crippen molar-refractivity contribution >= 4 is 17.4 Å². The SMILES string of the molecule is C/C(=N\NC(=O)Nc1ccc(F)cc1)c1ccccn1. The summed E-state index contributed by atoms with van der Waals surface area (Å²) in [6.07, 6.45) is 1.65. The fourth-order valence-corrected chi connectivity index (χ4v) is 1.46. The molecule has 0 saturated carbocycles. The van der Waals surface area contributed by atoms with E-state index < -0.39 is 6.03 Å². The Labute approximate surface area is 115 Å². The molecule has 0 aliphatic rings. The predicted molar refractivity (Wildman–Crippen MR) is 75.0 cm³/mol. The fraction of sp³-hybridized carbons (Fsp3) is 0.0714. The summed E-state index contributed by atoms with van der Waals surface area (Å²) in [6.45, 7) is 1.74. The van der Waals surface area contributed by atoms with Crippen molar-refractivity contribution in [2.75, 3.05) is 5.32 Å². The minimum Gasteiger partial charge on any atom is -0.307 e. The molecule has 6 heteroatoms. The number of urea groups is 1. The molecule has 5 nitrogen and oxygen atoms in total. The van der Waals surface area contributed by atoms with Crippen LogP contribution < -0.4 is 10.7 Å². The Kier molecular flexibility index (Phi) is 4.39. The Morgan fingerprint density at radius 2 is 1.95 bits per heavy atom. The van der Waals surface area contributed by atoms with E-state index in [1.165, 1.54) is 24.3 Å². The molecule has 2 amide bonds. The van der Waals surface area contributed by atoms with Crippen molar-refractivity contribution in [3.63, 3.8) is 0 Å². The number of benzene rings is 1. The van der Waals surface area contributed by atoms with Gasteiger partial charge in [-0.15, -0.1) is 0 Å². The number of hydrogen-bond acceptors (Lipinski definition) is 3. The smallest absolute Gasteiger partial charge is 0.307 e. The maximum absolute atomic E-state index is 12.7. The standard InChI is InChI=1S/C14H13FN4O/c1-10(13-4-2-3-9-16-13)18-19-14(20)17-12-7-5-11(15)6-8-12/h2-9H,1H3,(H2,17,19,20)/b18-10+. The lowest BCUT2D eigenvalue weighted by atomic mass is 10.3. The van der Waals surface area contributed by atoms with E-state index in [0.717, 1.165) is 0 Å². The largest absolute Gasteiger partial charge is 0.339 e. The van der Waals surface area contributed by atoms with Crippen LogP contribution in [-0.4, -0.2) is 16.7 Å². The Morgan fingerprint density at radius 1 is 1.20 bits per heavy atom. The molecule has 0 unspecified atom stereocenters. The van der Waals surface area contributed by atoms with Crippen molar-refractivity contribution in [2.24, 2.45) is 5.10 Å². The molecule has 2 N–H and O–H groups in total. The second kappa shape index (κ2) is 6.42. The molecular formula is C14H13FN4O. The summed E-state index contributed by atoms with van der Waals surface area (Å²) < 4.78 is 12.7. The molecule has 0 aliphatic heterocycles. The number of halogens is 1. The number of nitrogens with zero attached hydrogens (tertiary/aromatic N) is 2. The van der Waals surface area contributed by atoms with Crippen molar-refractivity contribution < 1.29 is 9.18 Å². The number of pyridine rings is 1. The van der Waals surface area contributed by atoms with Crippen molar-refractivity contribution in [1.82, 2.24) is 10.4 Å². The number of anilines is 1. The summed E-state index contributed by atoms with van der Waals surface area (Å²) in [4.78, 5) is 15.7. The summed E-state index contributed by atoms with van der Waals surface area (Å²) in [5.41, 5.74) is 4.09. The molecule has 0 atom stereocenters. The molecule has 1 aromatic carbocycles. The van der Waals surface area contributed by atoms with Crippen molar-refractivity contribution in [2.45, 2.75) is 6.92 Å². The minimum absolute atomic E-state index is 0.361. The molecular weight excluding hydrogens is 259 g/mol. The van der Waals surface area contributed by atoms with Crippen molar-refractivity contribution in [3.8, 4) is 0 Å². The molecule has 0 spiro atoms. The highest BCUT2D eigenvalue weighted by Gasteiger charge is 2.02. The molecule has 0 saturated heterocycles. The van der Waals surface area contributed by atoms with E-state index >= 15 is 0 Å². The number of hydrogen-bond donors (Lipinski definition) is 2. The fourth-order valence-electron chi connectivity index (χ4n) is 1.46. The number of rotatable bonds is 3. The summed E-state index contributed by atoms with van der Waals surface area (Å²) >= 11 is 0. The maximum atomic E-state index is 12.7. The van der Waals surface area contributed by atoms with E-state index in [2.05, 4.69) is 20.8 Å². The Bertz CT molecular complexity index is 611. The highest BCUT2D eigenvalue weighted by atomic mass is 19.1. The van der Waals surface area contributed by atoms with Crippen LogP contribution in [0.3, 0.4) is 0 Å². The average Bonchev–Trinajstić information content (AvgIpc) is 2.48. The normalized spacial score (nSPS) is 11.0. The molecule has 2 aromatic rings. The lowest BCUT2D eigenvalue weighted by molar-refractivity contribution is 0.252. The van der Waals surface area contributed by atoms with Crippen LogP contribution in [0.15, 0.2) is 53.8 Å². The van der Waals surface area contributed by atoms with Gasteiger partial charge in [0.1, 0.15) is 5.82 Å². The Balaban J connectivity index is 1.93. The van der Waals surface area contributed by atoms with E-state index in [-0.39, 0.29) is 5.82 Å². The van der Waals surface area contributed by atoms with E-state index in [9.17, 15) is 9.18 Å². The molecule has 0 radical (unpaired) electrons. The molecule has 0 bridgehead atoms. The number of amides is 2. The average molecular weight is 272 g/mol. The lowest BCUT2D eigenvalue weighted by Gasteiger charge is -2.05. The number of nitrogens with one attached hydrogen (secondary N) is 2. The number of carbonyl (C=O) groups excluding carboxylic acids is 1. The van der Waals surface area contributed by atoms with Gasteiger partial charge in [0.15, 0.2) is 0 Å². The van der Waals surface area contributed by atoms with Crippen LogP contribution >= 0.6 is 0 Å². The first-order valence-corrected chi connectivity index (χ1v) is 5.93. The van der Waals surface area contributed by atoms with Gasteiger partial charge in [0.2, 0.25) is 0 Å². The van der Waals surface area contributed by atoms with Gasteiger partial charge in [-0.25, -0.2) is 14.6 Å². The zero-order chi connectivity index (χ0) is 14.4. The van der Waals surface area contributed by atoms with Gasteiger partial charge in [-0.05, 0) is 43.3 Å². The Hall–Kier alpha value is -2.76. The predicted octanol–water partition coefficient (Wildman–Crippen LogP) is 2.77. The molecule has 20 heavy (non-hydrogen) atoms. The third-order valence-corrected chi connectivity index (χ3v) is 2.46. The van der Waals surface area contributed by atoms with E-state index in [1.54, 1.807) is 25.3 Å². The van der Waals surface area contributed by atoms with E-state index in [0.29, 0.717) is 17.1 Å². The van der Waals surface area contributed by atoms with Crippen LogP contribution in [0.5, 0.6) is 0 Å². The van der Waals surface area contributed by atoms with E-state index in [1.807, 2.05) is 6.07 Å². The molecule has 2 rings (SSSR count).